The minimum atomic E-state index is -0.239. The molecule has 0 aromatic heterocycles. The number of hydrogen-bond donors (Lipinski definition) is 1. The summed E-state index contributed by atoms with van der Waals surface area (Å²) in [6.07, 6.45) is 0.820. The lowest BCUT2D eigenvalue weighted by atomic mass is 9.86. The smallest absolute Gasteiger partial charge is 0.228 e. The molecule has 3 rings (SSSR count). The highest BCUT2D eigenvalue weighted by Crippen LogP contribution is 2.30. The van der Waals surface area contributed by atoms with E-state index in [1.807, 2.05) is 30.9 Å². The molecule has 21 heavy (non-hydrogen) atoms. The Hall–Kier alpha value is -1.55. The molecule has 2 aliphatic rings. The van der Waals surface area contributed by atoms with Crippen molar-refractivity contribution in [2.45, 2.75) is 38.8 Å². The predicted octanol–water partition coefficient (Wildman–Crippen LogP) is 2.30. The zero-order valence-electron chi connectivity index (χ0n) is 13.1. The van der Waals surface area contributed by atoms with Gasteiger partial charge in [0.25, 0.3) is 0 Å². The van der Waals surface area contributed by atoms with Gasteiger partial charge in [-0.2, -0.15) is 0 Å². The Bertz CT molecular complexity index is 541. The molecule has 4 nitrogen and oxygen atoms in total. The Morgan fingerprint density at radius 2 is 2.14 bits per heavy atom. The molecule has 2 unspecified atom stereocenters. The summed E-state index contributed by atoms with van der Waals surface area (Å²) in [5.74, 6) is 0.259. The van der Waals surface area contributed by atoms with Gasteiger partial charge in [-0.15, -0.1) is 0 Å². The number of morpholine rings is 1. The number of nitrogens with zero attached hydrogens (tertiary/aromatic N) is 1. The molecule has 1 N–H and O–H groups in total. The average Bonchev–Trinajstić information content (AvgIpc) is 2.44. The molecule has 0 spiro atoms. The average molecular weight is 288 g/mol. The van der Waals surface area contributed by atoms with E-state index in [9.17, 15) is 4.79 Å². The molecular formula is C17H24N2O2. The zero-order valence-corrected chi connectivity index (χ0v) is 13.1. The zero-order chi connectivity index (χ0) is 15.0. The Morgan fingerprint density at radius 3 is 2.90 bits per heavy atom. The number of fused-ring (bicyclic) bond motifs is 1. The van der Waals surface area contributed by atoms with E-state index in [2.05, 4.69) is 24.4 Å². The van der Waals surface area contributed by atoms with E-state index in [0.29, 0.717) is 19.7 Å². The summed E-state index contributed by atoms with van der Waals surface area (Å²) >= 11 is 0. The summed E-state index contributed by atoms with van der Waals surface area (Å²) in [5.41, 5.74) is 2.16. The van der Waals surface area contributed by atoms with Gasteiger partial charge in [0.1, 0.15) is 0 Å². The number of ether oxygens (including phenoxy) is 1. The van der Waals surface area contributed by atoms with Gasteiger partial charge in [-0.1, -0.05) is 18.2 Å². The molecule has 1 fully saturated rings. The molecule has 2 aliphatic heterocycles. The van der Waals surface area contributed by atoms with Crippen LogP contribution in [-0.4, -0.2) is 42.1 Å². The Labute approximate surface area is 126 Å². The second kappa shape index (κ2) is 5.34. The van der Waals surface area contributed by atoms with Crippen molar-refractivity contribution in [2.75, 3.05) is 25.0 Å². The van der Waals surface area contributed by atoms with E-state index in [4.69, 9.17) is 4.74 Å². The third-order valence-corrected chi connectivity index (χ3v) is 4.50. The first-order valence-corrected chi connectivity index (χ1v) is 7.73. The molecule has 1 aromatic rings. The van der Waals surface area contributed by atoms with Gasteiger partial charge in [0, 0.05) is 24.8 Å². The van der Waals surface area contributed by atoms with Crippen LogP contribution in [0.25, 0.3) is 0 Å². The van der Waals surface area contributed by atoms with Crippen molar-refractivity contribution in [3.8, 4) is 0 Å². The Kier molecular flexibility index (Phi) is 3.66. The third kappa shape index (κ3) is 2.91. The van der Waals surface area contributed by atoms with E-state index >= 15 is 0 Å². The van der Waals surface area contributed by atoms with Gasteiger partial charge in [-0.05, 0) is 38.8 Å². The summed E-state index contributed by atoms with van der Waals surface area (Å²) in [7, 11) is 0. The molecule has 2 heterocycles. The van der Waals surface area contributed by atoms with E-state index in [1.165, 1.54) is 5.56 Å². The summed E-state index contributed by atoms with van der Waals surface area (Å²) in [6, 6.07) is 8.43. The number of benzene rings is 1. The van der Waals surface area contributed by atoms with Crippen LogP contribution in [0.4, 0.5) is 5.69 Å². The predicted molar refractivity (Wildman–Crippen MR) is 83.3 cm³/mol. The number of nitrogens with one attached hydrogen (secondary N) is 1. The standard InChI is InChI=1S/C17H24N2O2/c1-12-14(10-13-6-4-5-7-15(13)18-12)16(20)19-8-9-21-17(2,3)11-19/h4-7,12,14,18H,8-11H2,1-3H3. The molecule has 4 heteroatoms. The lowest BCUT2D eigenvalue weighted by Crippen LogP contribution is -2.54. The highest BCUT2D eigenvalue weighted by molar-refractivity contribution is 5.82. The summed E-state index contributed by atoms with van der Waals surface area (Å²) in [5, 5.41) is 3.47. The van der Waals surface area contributed by atoms with Crippen molar-refractivity contribution in [1.29, 1.82) is 0 Å². The van der Waals surface area contributed by atoms with Gasteiger partial charge in [0.15, 0.2) is 0 Å². The highest BCUT2D eigenvalue weighted by Gasteiger charge is 2.37. The lowest BCUT2D eigenvalue weighted by Gasteiger charge is -2.41. The first kappa shape index (κ1) is 14.4. The molecule has 0 bridgehead atoms. The van der Waals surface area contributed by atoms with Gasteiger partial charge in [-0.25, -0.2) is 0 Å². The van der Waals surface area contributed by atoms with Gasteiger partial charge >= 0.3 is 0 Å². The van der Waals surface area contributed by atoms with Crippen molar-refractivity contribution in [3.63, 3.8) is 0 Å². The molecule has 0 radical (unpaired) electrons. The van der Waals surface area contributed by atoms with E-state index < -0.39 is 0 Å². The van der Waals surface area contributed by atoms with Crippen LogP contribution >= 0.6 is 0 Å². The van der Waals surface area contributed by atoms with E-state index in [1.54, 1.807) is 0 Å². The van der Waals surface area contributed by atoms with Crippen LogP contribution in [0.3, 0.4) is 0 Å². The fourth-order valence-corrected chi connectivity index (χ4v) is 3.34. The number of carbonyl (C=O) groups is 1. The maximum Gasteiger partial charge on any atom is 0.228 e. The lowest BCUT2D eigenvalue weighted by molar-refractivity contribution is -0.150. The fourth-order valence-electron chi connectivity index (χ4n) is 3.34. The van der Waals surface area contributed by atoms with Gasteiger partial charge in [0.2, 0.25) is 5.91 Å². The summed E-state index contributed by atoms with van der Waals surface area (Å²) in [6.45, 7) is 8.20. The van der Waals surface area contributed by atoms with E-state index in [-0.39, 0.29) is 23.5 Å². The van der Waals surface area contributed by atoms with Crippen LogP contribution in [0.15, 0.2) is 24.3 Å². The van der Waals surface area contributed by atoms with Crippen molar-refractivity contribution < 1.29 is 9.53 Å². The Morgan fingerprint density at radius 1 is 1.38 bits per heavy atom. The SMILES string of the molecule is CC1Nc2ccccc2CC1C(=O)N1CCOC(C)(C)C1. The number of carbonyl (C=O) groups excluding carboxylic acids is 1. The summed E-state index contributed by atoms with van der Waals surface area (Å²) < 4.78 is 5.71. The first-order chi connectivity index (χ1) is 9.96. The number of rotatable bonds is 1. The quantitative estimate of drug-likeness (QED) is 0.862. The largest absolute Gasteiger partial charge is 0.382 e. The molecule has 1 saturated heterocycles. The minimum absolute atomic E-state index is 0.00815. The van der Waals surface area contributed by atoms with Crippen LogP contribution in [0.1, 0.15) is 26.3 Å². The molecule has 0 aliphatic carbocycles. The van der Waals surface area contributed by atoms with Crippen LogP contribution in [0.5, 0.6) is 0 Å². The molecule has 0 saturated carbocycles. The fraction of sp³-hybridized carbons (Fsp3) is 0.588. The third-order valence-electron chi connectivity index (χ3n) is 4.50. The van der Waals surface area contributed by atoms with Gasteiger partial charge in [-0.3, -0.25) is 4.79 Å². The highest BCUT2D eigenvalue weighted by atomic mass is 16.5. The van der Waals surface area contributed by atoms with Crippen LogP contribution in [-0.2, 0) is 16.0 Å². The second-order valence-electron chi connectivity index (χ2n) is 6.77. The van der Waals surface area contributed by atoms with Crippen molar-refractivity contribution >= 4 is 11.6 Å². The number of hydrogen-bond acceptors (Lipinski definition) is 3. The maximum absolute atomic E-state index is 12.9. The van der Waals surface area contributed by atoms with E-state index in [0.717, 1.165) is 12.1 Å². The minimum Gasteiger partial charge on any atom is -0.382 e. The van der Waals surface area contributed by atoms with Crippen molar-refractivity contribution in [1.82, 2.24) is 4.90 Å². The van der Waals surface area contributed by atoms with Crippen molar-refractivity contribution in [3.05, 3.63) is 29.8 Å². The first-order valence-electron chi connectivity index (χ1n) is 7.73. The van der Waals surface area contributed by atoms with Gasteiger partial charge in [0.05, 0.1) is 18.1 Å². The second-order valence-corrected chi connectivity index (χ2v) is 6.77. The maximum atomic E-state index is 12.9. The Balaban J connectivity index is 1.76. The molecular weight excluding hydrogens is 264 g/mol. The number of para-hydroxylation sites is 1. The van der Waals surface area contributed by atoms with Crippen molar-refractivity contribution in [2.24, 2.45) is 5.92 Å². The number of anilines is 1. The number of amides is 1. The molecule has 1 amide bonds. The summed E-state index contributed by atoms with van der Waals surface area (Å²) in [4.78, 5) is 14.9. The van der Waals surface area contributed by atoms with Crippen LogP contribution in [0, 0.1) is 5.92 Å². The van der Waals surface area contributed by atoms with Crippen LogP contribution in [0.2, 0.25) is 0 Å². The normalized spacial score (nSPS) is 27.7. The topological polar surface area (TPSA) is 41.6 Å². The molecule has 1 aromatic carbocycles. The monoisotopic (exact) mass is 288 g/mol. The van der Waals surface area contributed by atoms with Crippen LogP contribution < -0.4 is 5.32 Å². The van der Waals surface area contributed by atoms with Gasteiger partial charge < -0.3 is 15.0 Å². The molecule has 2 atom stereocenters. The molecule has 114 valence electrons.